The van der Waals surface area contributed by atoms with E-state index >= 15 is 0 Å². The molecule has 0 amide bonds. The zero-order chi connectivity index (χ0) is 20.9. The van der Waals surface area contributed by atoms with Crippen molar-refractivity contribution in [3.05, 3.63) is 24.8 Å². The van der Waals surface area contributed by atoms with Gasteiger partial charge in [-0.1, -0.05) is 72.3 Å². The highest BCUT2D eigenvalue weighted by Gasteiger charge is 2.02. The van der Waals surface area contributed by atoms with Gasteiger partial charge in [-0.3, -0.25) is 0 Å². The lowest BCUT2D eigenvalue weighted by Gasteiger charge is -2.05. The number of carbonyl (C=O) groups is 2. The van der Waals surface area contributed by atoms with Crippen LogP contribution in [0.15, 0.2) is 24.8 Å². The highest BCUT2D eigenvalue weighted by atomic mass is 16.5. The summed E-state index contributed by atoms with van der Waals surface area (Å²) in [5.41, 5.74) is 0. The fourth-order valence-electron chi connectivity index (χ4n) is 2.24. The van der Waals surface area contributed by atoms with Crippen molar-refractivity contribution in [3.8, 4) is 0 Å². The summed E-state index contributed by atoms with van der Waals surface area (Å²) in [5, 5.41) is 0. The largest absolute Gasteiger partial charge is 0.463 e. The third-order valence-corrected chi connectivity index (χ3v) is 3.70. The molecule has 0 aromatic rings. The van der Waals surface area contributed by atoms with Gasteiger partial charge in [0.05, 0.1) is 13.2 Å². The Kier molecular flexibility index (Phi) is 21.2. The van der Waals surface area contributed by atoms with E-state index in [1.54, 1.807) is 6.08 Å². The number of allylic oxidation sites excluding steroid dienone is 1. The zero-order valence-corrected chi connectivity index (χ0v) is 18.3. The third-order valence-electron chi connectivity index (χ3n) is 3.70. The van der Waals surface area contributed by atoms with Crippen LogP contribution in [0.2, 0.25) is 0 Å². The van der Waals surface area contributed by atoms with E-state index in [1.807, 2.05) is 6.92 Å². The van der Waals surface area contributed by atoms with Crippen LogP contribution >= 0.6 is 0 Å². The molecule has 0 saturated heterocycles. The molecule has 0 aromatic carbocycles. The van der Waals surface area contributed by atoms with Gasteiger partial charge >= 0.3 is 11.9 Å². The molecule has 4 nitrogen and oxygen atoms in total. The molecule has 0 aliphatic rings. The summed E-state index contributed by atoms with van der Waals surface area (Å²) in [7, 11) is 0. The van der Waals surface area contributed by atoms with Crippen LogP contribution in [-0.2, 0) is 19.1 Å². The topological polar surface area (TPSA) is 52.6 Å². The van der Waals surface area contributed by atoms with Crippen LogP contribution in [0.1, 0.15) is 86.0 Å². The number of carbonyl (C=O) groups excluding carboxylic acids is 2. The lowest BCUT2D eigenvalue weighted by Crippen LogP contribution is -2.06. The summed E-state index contributed by atoms with van der Waals surface area (Å²) in [6.45, 7) is 14.9. The van der Waals surface area contributed by atoms with E-state index in [2.05, 4.69) is 34.3 Å². The number of unbranched alkanes of at least 4 members (excludes halogenated alkanes) is 4. The van der Waals surface area contributed by atoms with Gasteiger partial charge in [-0.05, 0) is 31.6 Å². The van der Waals surface area contributed by atoms with Crippen LogP contribution < -0.4 is 0 Å². The Hall–Kier alpha value is -1.58. The van der Waals surface area contributed by atoms with Gasteiger partial charge in [0.1, 0.15) is 0 Å². The van der Waals surface area contributed by atoms with Crippen LogP contribution in [0.25, 0.3) is 0 Å². The van der Waals surface area contributed by atoms with E-state index in [0.717, 1.165) is 62.5 Å². The quantitative estimate of drug-likeness (QED) is 0.154. The van der Waals surface area contributed by atoms with Gasteiger partial charge < -0.3 is 9.47 Å². The van der Waals surface area contributed by atoms with Crippen molar-refractivity contribution in [3.63, 3.8) is 0 Å². The molecule has 0 aromatic heterocycles. The minimum absolute atomic E-state index is 0.409. The standard InChI is InChI=1S/C20H36O4.C3H6/c1-17(2)11-7-5-9-15-23-19(21)13-14-20(22)24-16-10-6-8-12-18(3)4;1-3-2/h13-14,17-18H,5-12,15-16H2,1-4H3;3H,1H2,2H3/b14-13+;. The fourth-order valence-corrected chi connectivity index (χ4v) is 2.24. The van der Waals surface area contributed by atoms with Gasteiger partial charge in [-0.25, -0.2) is 9.59 Å². The molecule has 0 saturated carbocycles. The summed E-state index contributed by atoms with van der Waals surface area (Å²) >= 11 is 0. The molecule has 0 bridgehead atoms. The van der Waals surface area contributed by atoms with Gasteiger partial charge in [0, 0.05) is 12.2 Å². The highest BCUT2D eigenvalue weighted by Crippen LogP contribution is 2.08. The average molecular weight is 383 g/mol. The molecule has 158 valence electrons. The lowest BCUT2D eigenvalue weighted by atomic mass is 10.1. The Bertz CT molecular complexity index is 363. The zero-order valence-electron chi connectivity index (χ0n) is 18.3. The van der Waals surface area contributed by atoms with E-state index in [0.29, 0.717) is 13.2 Å². The molecule has 0 rings (SSSR count). The molecule has 0 fully saturated rings. The Morgan fingerprint density at radius 3 is 1.37 bits per heavy atom. The normalized spacial score (nSPS) is 10.6. The number of hydrogen-bond acceptors (Lipinski definition) is 4. The minimum atomic E-state index is -0.479. The molecule has 27 heavy (non-hydrogen) atoms. The maximum atomic E-state index is 11.5. The molecule has 0 unspecified atom stereocenters. The second-order valence-corrected chi connectivity index (χ2v) is 7.56. The minimum Gasteiger partial charge on any atom is -0.463 e. The van der Waals surface area contributed by atoms with Gasteiger partial charge in [-0.15, -0.1) is 6.58 Å². The first-order chi connectivity index (χ1) is 12.8. The van der Waals surface area contributed by atoms with Gasteiger partial charge in [0.2, 0.25) is 0 Å². The van der Waals surface area contributed by atoms with Gasteiger partial charge in [-0.2, -0.15) is 0 Å². The van der Waals surface area contributed by atoms with Crippen molar-refractivity contribution in [1.29, 1.82) is 0 Å². The molecule has 0 radical (unpaired) electrons. The highest BCUT2D eigenvalue weighted by molar-refractivity contribution is 5.91. The lowest BCUT2D eigenvalue weighted by molar-refractivity contribution is -0.140. The second kappa shape index (κ2) is 20.7. The Morgan fingerprint density at radius 1 is 0.741 bits per heavy atom. The first-order valence-corrected chi connectivity index (χ1v) is 10.4. The predicted octanol–water partition coefficient (Wildman–Crippen LogP) is 6.25. The first kappa shape index (κ1) is 27.6. The van der Waals surface area contributed by atoms with Crippen molar-refractivity contribution in [1.82, 2.24) is 0 Å². The molecule has 0 N–H and O–H groups in total. The first-order valence-electron chi connectivity index (χ1n) is 10.4. The molecular formula is C23H42O4. The Morgan fingerprint density at radius 2 is 1.07 bits per heavy atom. The number of hydrogen-bond donors (Lipinski definition) is 0. The van der Waals surface area contributed by atoms with Crippen molar-refractivity contribution >= 4 is 11.9 Å². The van der Waals surface area contributed by atoms with E-state index < -0.39 is 11.9 Å². The van der Waals surface area contributed by atoms with Crippen LogP contribution in [0.4, 0.5) is 0 Å². The third kappa shape index (κ3) is 26.8. The van der Waals surface area contributed by atoms with Crippen molar-refractivity contribution in [2.45, 2.75) is 86.0 Å². The fraction of sp³-hybridized carbons (Fsp3) is 0.739. The van der Waals surface area contributed by atoms with Crippen molar-refractivity contribution < 1.29 is 19.1 Å². The molecule has 0 spiro atoms. The number of esters is 2. The van der Waals surface area contributed by atoms with Crippen molar-refractivity contribution in [2.24, 2.45) is 11.8 Å². The maximum absolute atomic E-state index is 11.5. The smallest absolute Gasteiger partial charge is 0.331 e. The van der Waals surface area contributed by atoms with Crippen LogP contribution in [0.3, 0.4) is 0 Å². The van der Waals surface area contributed by atoms with Crippen LogP contribution in [-0.4, -0.2) is 25.2 Å². The Labute approximate surface area is 167 Å². The van der Waals surface area contributed by atoms with E-state index in [1.165, 1.54) is 12.8 Å². The molecular weight excluding hydrogens is 340 g/mol. The summed E-state index contributed by atoms with van der Waals surface area (Å²) in [6, 6.07) is 0. The monoisotopic (exact) mass is 382 g/mol. The summed E-state index contributed by atoms with van der Waals surface area (Å²) in [6.07, 6.45) is 12.6. The number of rotatable bonds is 14. The van der Waals surface area contributed by atoms with Crippen molar-refractivity contribution in [2.75, 3.05) is 13.2 Å². The SMILES string of the molecule is C=CC.CC(C)CCCCCOC(=O)/C=C/C(=O)OCCCCCC(C)C. The molecule has 0 aliphatic carbocycles. The number of ether oxygens (including phenoxy) is 2. The summed E-state index contributed by atoms with van der Waals surface area (Å²) < 4.78 is 10.1. The molecule has 0 atom stereocenters. The van der Waals surface area contributed by atoms with E-state index in [9.17, 15) is 9.59 Å². The van der Waals surface area contributed by atoms with Crippen LogP contribution in [0, 0.1) is 11.8 Å². The Balaban J connectivity index is 0. The van der Waals surface area contributed by atoms with Gasteiger partial charge in [0.15, 0.2) is 0 Å². The molecule has 0 heterocycles. The molecule has 0 aliphatic heterocycles. The van der Waals surface area contributed by atoms with E-state index in [4.69, 9.17) is 9.47 Å². The maximum Gasteiger partial charge on any atom is 0.331 e. The second-order valence-electron chi connectivity index (χ2n) is 7.56. The average Bonchev–Trinajstić information content (AvgIpc) is 2.59. The van der Waals surface area contributed by atoms with Gasteiger partial charge in [0.25, 0.3) is 0 Å². The summed E-state index contributed by atoms with van der Waals surface area (Å²) in [5.74, 6) is 0.480. The summed E-state index contributed by atoms with van der Waals surface area (Å²) in [4.78, 5) is 22.9. The molecule has 4 heteroatoms. The predicted molar refractivity (Wildman–Crippen MR) is 114 cm³/mol. The van der Waals surface area contributed by atoms with Crippen LogP contribution in [0.5, 0.6) is 0 Å². The van der Waals surface area contributed by atoms with E-state index in [-0.39, 0.29) is 0 Å².